The molecule has 1 saturated heterocycles. The molecule has 6 nitrogen and oxygen atoms in total. The van der Waals surface area contributed by atoms with Crippen LogP contribution in [0.4, 0.5) is 22.0 Å². The van der Waals surface area contributed by atoms with Gasteiger partial charge in [-0.25, -0.2) is 17.2 Å². The van der Waals surface area contributed by atoms with E-state index in [4.69, 9.17) is 0 Å². The summed E-state index contributed by atoms with van der Waals surface area (Å²) >= 11 is 0. The van der Waals surface area contributed by atoms with Crippen LogP contribution in [-0.2, 0) is 29.8 Å². The zero-order chi connectivity index (χ0) is 28.8. The van der Waals surface area contributed by atoms with E-state index in [-0.39, 0.29) is 35.9 Å². The molecular weight excluding hydrogens is 545 g/mol. The average molecular weight is 574 g/mol. The van der Waals surface area contributed by atoms with Gasteiger partial charge < -0.3 is 10.0 Å². The monoisotopic (exact) mass is 573 g/mol. The molecule has 1 aliphatic carbocycles. The number of likely N-dealkylation sites (tertiary alicyclic amines) is 1. The summed E-state index contributed by atoms with van der Waals surface area (Å²) in [7, 11) is -4.32. The van der Waals surface area contributed by atoms with Gasteiger partial charge in [0.1, 0.15) is 10.6 Å². The molecule has 1 heterocycles. The van der Waals surface area contributed by atoms with Crippen molar-refractivity contribution in [1.82, 2.24) is 4.90 Å². The molecule has 1 N–H and O–H groups in total. The number of carboxylic acids is 1. The Morgan fingerprint density at radius 2 is 1.46 bits per heavy atom. The number of sulfone groups is 1. The van der Waals surface area contributed by atoms with Crippen LogP contribution in [0.1, 0.15) is 50.2 Å². The first-order chi connectivity index (χ1) is 18.1. The molecule has 0 bridgehead atoms. The molecule has 12 heteroatoms. The quantitative estimate of drug-likeness (QED) is 0.371. The number of amides is 1. The van der Waals surface area contributed by atoms with Gasteiger partial charge in [-0.2, -0.15) is 13.2 Å². The van der Waals surface area contributed by atoms with Gasteiger partial charge in [-0.1, -0.05) is 24.3 Å². The Hall–Kier alpha value is -3.02. The largest absolute Gasteiger partial charge is 0.481 e. The first-order valence-electron chi connectivity index (χ1n) is 12.5. The van der Waals surface area contributed by atoms with Gasteiger partial charge in [0.05, 0.1) is 10.8 Å². The van der Waals surface area contributed by atoms with Crippen molar-refractivity contribution in [2.75, 3.05) is 13.1 Å². The number of hydrogen-bond acceptors (Lipinski definition) is 4. The fourth-order valence-electron chi connectivity index (χ4n) is 5.52. The van der Waals surface area contributed by atoms with Crippen molar-refractivity contribution in [1.29, 1.82) is 0 Å². The second kappa shape index (κ2) is 10.2. The minimum atomic E-state index is -5.19. The highest BCUT2D eigenvalue weighted by molar-refractivity contribution is 7.92. The third kappa shape index (κ3) is 5.15. The first-order valence-corrected chi connectivity index (χ1v) is 14.0. The number of hydrogen-bond donors (Lipinski definition) is 1. The van der Waals surface area contributed by atoms with Gasteiger partial charge in [0.2, 0.25) is 11.6 Å². The van der Waals surface area contributed by atoms with E-state index in [1.165, 1.54) is 4.90 Å². The molecule has 1 aliphatic heterocycles. The second-order valence-corrected chi connectivity index (χ2v) is 12.7. The Morgan fingerprint density at radius 3 is 1.97 bits per heavy atom. The summed E-state index contributed by atoms with van der Waals surface area (Å²) in [5.41, 5.74) is -4.28. The fraction of sp³-hybridized carbons (Fsp3) is 0.481. The van der Waals surface area contributed by atoms with E-state index >= 15 is 0 Å². The maximum absolute atomic E-state index is 14.6. The molecule has 1 amide bonds. The van der Waals surface area contributed by atoms with Crippen LogP contribution in [0.25, 0.3) is 0 Å². The second-order valence-electron chi connectivity index (χ2n) is 10.4. The molecule has 4 rings (SSSR count). The van der Waals surface area contributed by atoms with Gasteiger partial charge in [0.25, 0.3) is 0 Å². The van der Waals surface area contributed by atoms with Crippen LogP contribution >= 0.6 is 0 Å². The minimum Gasteiger partial charge on any atom is -0.481 e. The highest BCUT2D eigenvalue weighted by atomic mass is 32.2. The van der Waals surface area contributed by atoms with Gasteiger partial charge in [-0.05, 0) is 74.4 Å². The van der Waals surface area contributed by atoms with Gasteiger partial charge in [0, 0.05) is 19.0 Å². The summed E-state index contributed by atoms with van der Waals surface area (Å²) in [4.78, 5) is 25.8. The van der Waals surface area contributed by atoms with Crippen molar-refractivity contribution in [3.63, 3.8) is 0 Å². The molecule has 0 spiro atoms. The summed E-state index contributed by atoms with van der Waals surface area (Å²) in [5, 5.41) is 9.23. The molecule has 2 aliphatic rings. The summed E-state index contributed by atoms with van der Waals surface area (Å²) < 4.78 is 94.1. The van der Waals surface area contributed by atoms with Gasteiger partial charge in [0.15, 0.2) is 9.84 Å². The van der Waals surface area contributed by atoms with Crippen LogP contribution in [0.15, 0.2) is 53.4 Å². The Kier molecular flexibility index (Phi) is 7.57. The highest BCUT2D eigenvalue weighted by Crippen LogP contribution is 2.46. The number of rotatable bonds is 6. The lowest BCUT2D eigenvalue weighted by atomic mass is 9.81. The van der Waals surface area contributed by atoms with Crippen LogP contribution in [0.3, 0.4) is 0 Å². The van der Waals surface area contributed by atoms with Crippen LogP contribution in [0, 0.1) is 17.7 Å². The van der Waals surface area contributed by atoms with Gasteiger partial charge in [-0.15, -0.1) is 0 Å². The SMILES string of the molecule is CC(F)(c1ccc(C2(S(=O)(=O)c3ccc(F)cc3)CCN(C(=O)C3CCC(C(=O)O)CC3)C2)cc1)C(F)(F)F. The maximum Gasteiger partial charge on any atom is 0.426 e. The van der Waals surface area contributed by atoms with Crippen molar-refractivity contribution in [3.8, 4) is 0 Å². The van der Waals surface area contributed by atoms with E-state index in [0.29, 0.717) is 32.6 Å². The van der Waals surface area contributed by atoms with Gasteiger partial charge in [-0.3, -0.25) is 9.59 Å². The highest BCUT2D eigenvalue weighted by Gasteiger charge is 2.55. The molecule has 1 saturated carbocycles. The number of halogens is 5. The number of aliphatic carboxylic acids is 1. The predicted molar refractivity (Wildman–Crippen MR) is 131 cm³/mol. The molecule has 2 aromatic carbocycles. The standard InChI is InChI=1S/C27H28F5NO5S/c1-25(29,27(30,31)32)19-6-8-20(9-7-19)26(39(37,38)22-12-10-21(28)11-13-22)14-15-33(16-26)23(34)17-2-4-18(5-3-17)24(35)36/h6-13,17-18H,2-5,14-16H2,1H3,(H,35,36). The van der Waals surface area contributed by atoms with Crippen molar-refractivity contribution < 1.29 is 45.1 Å². The van der Waals surface area contributed by atoms with Crippen molar-refractivity contribution in [3.05, 3.63) is 65.5 Å². The number of alkyl halides is 4. The third-order valence-electron chi connectivity index (χ3n) is 8.09. The van der Waals surface area contributed by atoms with E-state index < -0.39 is 55.6 Å². The zero-order valence-electron chi connectivity index (χ0n) is 21.0. The maximum atomic E-state index is 14.6. The topological polar surface area (TPSA) is 91.8 Å². The number of benzene rings is 2. The van der Waals surface area contributed by atoms with Crippen LogP contribution in [-0.4, -0.2) is 49.6 Å². The summed E-state index contributed by atoms with van der Waals surface area (Å²) in [6.45, 7) is 0.0985. The number of carboxylic acid groups (broad SMARTS) is 1. The lowest BCUT2D eigenvalue weighted by Crippen LogP contribution is -2.43. The molecule has 2 aromatic rings. The molecule has 39 heavy (non-hydrogen) atoms. The Balaban J connectivity index is 1.70. The van der Waals surface area contributed by atoms with Crippen molar-refractivity contribution in [2.24, 2.45) is 11.8 Å². The van der Waals surface area contributed by atoms with E-state index in [0.717, 1.165) is 48.5 Å². The Morgan fingerprint density at radius 1 is 0.923 bits per heavy atom. The molecule has 2 unspecified atom stereocenters. The number of nitrogens with zero attached hydrogens (tertiary/aromatic N) is 1. The molecule has 2 atom stereocenters. The van der Waals surface area contributed by atoms with E-state index in [2.05, 4.69) is 0 Å². The van der Waals surface area contributed by atoms with E-state index in [1.807, 2.05) is 0 Å². The predicted octanol–water partition coefficient (Wildman–Crippen LogP) is 5.37. The number of carbonyl (C=O) groups excluding carboxylic acids is 1. The van der Waals surface area contributed by atoms with E-state index in [9.17, 15) is 45.1 Å². The van der Waals surface area contributed by atoms with Crippen LogP contribution in [0.5, 0.6) is 0 Å². The third-order valence-corrected chi connectivity index (χ3v) is 10.6. The molecule has 0 radical (unpaired) electrons. The first kappa shape index (κ1) is 29.0. The normalized spacial score (nSPS) is 25.7. The Bertz CT molecular complexity index is 1330. The summed E-state index contributed by atoms with van der Waals surface area (Å²) in [6, 6.07) is 8.16. The molecular formula is C27H28F5NO5S. The number of carbonyl (C=O) groups is 2. The van der Waals surface area contributed by atoms with E-state index in [1.54, 1.807) is 0 Å². The lowest BCUT2D eigenvalue weighted by molar-refractivity contribution is -0.228. The van der Waals surface area contributed by atoms with Crippen molar-refractivity contribution in [2.45, 2.75) is 60.5 Å². The Labute approximate surface area is 222 Å². The average Bonchev–Trinajstić information content (AvgIpc) is 3.35. The zero-order valence-corrected chi connectivity index (χ0v) is 21.9. The molecule has 212 valence electrons. The fourth-order valence-corrected chi connectivity index (χ4v) is 7.59. The van der Waals surface area contributed by atoms with Gasteiger partial charge >= 0.3 is 12.1 Å². The summed E-state index contributed by atoms with van der Waals surface area (Å²) in [6.07, 6.45) is -3.96. The summed E-state index contributed by atoms with van der Waals surface area (Å²) in [5.74, 6) is -2.93. The van der Waals surface area contributed by atoms with Crippen molar-refractivity contribution >= 4 is 21.7 Å². The molecule has 0 aromatic heterocycles. The van der Waals surface area contributed by atoms with Crippen LogP contribution in [0.2, 0.25) is 0 Å². The molecule has 2 fully saturated rings. The van der Waals surface area contributed by atoms with Crippen LogP contribution < -0.4 is 0 Å². The lowest BCUT2D eigenvalue weighted by Gasteiger charge is -2.32. The minimum absolute atomic E-state index is 0.0310. The smallest absolute Gasteiger partial charge is 0.426 e.